The molecule has 0 bridgehead atoms. The molecule has 144 valence electrons. The van der Waals surface area contributed by atoms with Crippen molar-refractivity contribution in [2.24, 2.45) is 5.92 Å². The van der Waals surface area contributed by atoms with Crippen LogP contribution in [0, 0.1) is 5.92 Å². The highest BCUT2D eigenvalue weighted by Gasteiger charge is 2.37. The average molecular weight is 388 g/mol. The molecule has 1 fully saturated rings. The smallest absolute Gasteiger partial charge is 0.223 e. The second-order valence-corrected chi connectivity index (χ2v) is 7.84. The number of carbonyl (C=O) groups is 2. The van der Waals surface area contributed by atoms with Crippen LogP contribution in [-0.4, -0.2) is 40.6 Å². The summed E-state index contributed by atoms with van der Waals surface area (Å²) in [6.07, 6.45) is 3.67. The molecule has 1 saturated carbocycles. The number of aryl methyl sites for hydroxylation is 1. The highest BCUT2D eigenvalue weighted by atomic mass is 32.1. The fourth-order valence-electron chi connectivity index (χ4n) is 3.38. The number of rotatable bonds is 8. The van der Waals surface area contributed by atoms with Crippen LogP contribution in [-0.2, 0) is 22.4 Å². The molecule has 2 amide bonds. The van der Waals surface area contributed by atoms with Crippen LogP contribution in [0.2, 0.25) is 0 Å². The van der Waals surface area contributed by atoms with E-state index >= 15 is 0 Å². The molecule has 0 aliphatic heterocycles. The minimum Gasteiger partial charge on any atom is -0.391 e. The maximum absolute atomic E-state index is 12.3. The Morgan fingerprint density at radius 2 is 2.00 bits per heavy atom. The molecular weight excluding hydrogens is 362 g/mol. The molecular formula is C20H25N3O3S. The lowest BCUT2D eigenvalue weighted by molar-refractivity contribution is -0.125. The molecule has 0 saturated heterocycles. The number of aromatic nitrogens is 1. The van der Waals surface area contributed by atoms with E-state index in [1.165, 1.54) is 0 Å². The molecule has 7 heteroatoms. The van der Waals surface area contributed by atoms with Crippen LogP contribution in [0.4, 0.5) is 0 Å². The monoisotopic (exact) mass is 387 g/mol. The van der Waals surface area contributed by atoms with Crippen LogP contribution in [0.5, 0.6) is 0 Å². The SMILES string of the molecule is O=C(CCc1ccccc1)N[C@@H]1C[C@H](C(=O)NCCc2nccs2)C[C@H]1O. The summed E-state index contributed by atoms with van der Waals surface area (Å²) in [6.45, 7) is 0.535. The fourth-order valence-corrected chi connectivity index (χ4v) is 4.00. The van der Waals surface area contributed by atoms with Crippen LogP contribution in [0.25, 0.3) is 0 Å². The van der Waals surface area contributed by atoms with Crippen LogP contribution in [0.1, 0.15) is 29.8 Å². The third-order valence-electron chi connectivity index (χ3n) is 4.85. The van der Waals surface area contributed by atoms with Gasteiger partial charge in [-0.2, -0.15) is 0 Å². The van der Waals surface area contributed by atoms with Crippen molar-refractivity contribution in [3.05, 3.63) is 52.5 Å². The second kappa shape index (κ2) is 9.62. The van der Waals surface area contributed by atoms with E-state index in [0.717, 1.165) is 10.6 Å². The predicted molar refractivity (Wildman–Crippen MR) is 104 cm³/mol. The normalized spacial score (nSPS) is 21.7. The maximum atomic E-state index is 12.3. The highest BCUT2D eigenvalue weighted by Crippen LogP contribution is 2.26. The zero-order valence-electron chi connectivity index (χ0n) is 15.1. The van der Waals surface area contributed by atoms with Gasteiger partial charge in [0.25, 0.3) is 0 Å². The van der Waals surface area contributed by atoms with Gasteiger partial charge >= 0.3 is 0 Å². The van der Waals surface area contributed by atoms with Crippen LogP contribution >= 0.6 is 11.3 Å². The Morgan fingerprint density at radius 3 is 2.74 bits per heavy atom. The summed E-state index contributed by atoms with van der Waals surface area (Å²) in [5.74, 6) is -0.421. The predicted octanol–water partition coefficient (Wildman–Crippen LogP) is 1.69. The van der Waals surface area contributed by atoms with Crippen molar-refractivity contribution in [2.45, 2.75) is 44.2 Å². The number of aliphatic hydroxyl groups excluding tert-OH is 1. The Hall–Kier alpha value is -2.25. The largest absolute Gasteiger partial charge is 0.391 e. The van der Waals surface area contributed by atoms with E-state index in [2.05, 4.69) is 15.6 Å². The van der Waals surface area contributed by atoms with Crippen molar-refractivity contribution in [3.63, 3.8) is 0 Å². The first kappa shape index (κ1) is 19.5. The number of benzene rings is 1. The quantitative estimate of drug-likeness (QED) is 0.643. The van der Waals surface area contributed by atoms with Gasteiger partial charge in [-0.1, -0.05) is 30.3 Å². The lowest BCUT2D eigenvalue weighted by Crippen LogP contribution is -2.40. The van der Waals surface area contributed by atoms with Gasteiger partial charge in [-0.25, -0.2) is 4.98 Å². The number of hydrogen-bond donors (Lipinski definition) is 3. The van der Waals surface area contributed by atoms with Gasteiger partial charge in [-0.15, -0.1) is 11.3 Å². The van der Waals surface area contributed by atoms with Crippen LogP contribution in [0.15, 0.2) is 41.9 Å². The summed E-state index contributed by atoms with van der Waals surface area (Å²) in [7, 11) is 0. The van der Waals surface area contributed by atoms with Crippen molar-refractivity contribution in [1.82, 2.24) is 15.6 Å². The number of amides is 2. The topological polar surface area (TPSA) is 91.3 Å². The first-order valence-electron chi connectivity index (χ1n) is 9.29. The molecule has 0 spiro atoms. The van der Waals surface area contributed by atoms with Crippen molar-refractivity contribution >= 4 is 23.2 Å². The van der Waals surface area contributed by atoms with E-state index in [4.69, 9.17) is 0 Å². The average Bonchev–Trinajstić information content (AvgIpc) is 3.31. The maximum Gasteiger partial charge on any atom is 0.223 e. The molecule has 3 N–H and O–H groups in total. The molecule has 0 radical (unpaired) electrons. The molecule has 1 aromatic carbocycles. The molecule has 3 rings (SSSR count). The van der Waals surface area contributed by atoms with E-state index in [1.54, 1.807) is 17.5 Å². The molecule has 3 atom stereocenters. The molecule has 1 heterocycles. The van der Waals surface area contributed by atoms with Crippen molar-refractivity contribution in [2.75, 3.05) is 6.54 Å². The van der Waals surface area contributed by atoms with E-state index in [9.17, 15) is 14.7 Å². The summed E-state index contributed by atoms with van der Waals surface area (Å²) >= 11 is 1.57. The number of hydrogen-bond acceptors (Lipinski definition) is 5. The van der Waals surface area contributed by atoms with Gasteiger partial charge in [-0.05, 0) is 24.8 Å². The van der Waals surface area contributed by atoms with Gasteiger partial charge in [0.2, 0.25) is 11.8 Å². The van der Waals surface area contributed by atoms with Crippen LogP contribution in [0.3, 0.4) is 0 Å². The van der Waals surface area contributed by atoms with Crippen molar-refractivity contribution < 1.29 is 14.7 Å². The van der Waals surface area contributed by atoms with Gasteiger partial charge in [0.05, 0.1) is 17.2 Å². The lowest BCUT2D eigenvalue weighted by atomic mass is 10.1. The lowest BCUT2D eigenvalue weighted by Gasteiger charge is -2.16. The summed E-state index contributed by atoms with van der Waals surface area (Å²) in [5.41, 5.74) is 1.11. The standard InChI is InChI=1S/C20H25N3O3S/c24-17-13-15(20(26)22-9-8-19-21-10-11-27-19)12-16(17)23-18(25)7-6-14-4-2-1-3-5-14/h1-5,10-11,15-17,24H,6-9,12-13H2,(H,22,26)(H,23,25)/t15-,16+,17+/m0/s1. The summed E-state index contributed by atoms with van der Waals surface area (Å²) in [4.78, 5) is 28.7. The van der Waals surface area contributed by atoms with Gasteiger partial charge in [0.15, 0.2) is 0 Å². The minimum absolute atomic E-state index is 0.0633. The minimum atomic E-state index is -0.680. The Kier molecular flexibility index (Phi) is 6.95. The molecule has 1 aliphatic carbocycles. The Bertz CT molecular complexity index is 736. The Morgan fingerprint density at radius 1 is 1.19 bits per heavy atom. The highest BCUT2D eigenvalue weighted by molar-refractivity contribution is 7.09. The van der Waals surface area contributed by atoms with Gasteiger partial charge in [0.1, 0.15) is 0 Å². The summed E-state index contributed by atoms with van der Waals surface area (Å²) in [6, 6.07) is 9.47. The van der Waals surface area contributed by atoms with E-state index < -0.39 is 6.10 Å². The first-order valence-corrected chi connectivity index (χ1v) is 10.2. The fraction of sp³-hybridized carbons (Fsp3) is 0.450. The van der Waals surface area contributed by atoms with Gasteiger partial charge in [0, 0.05) is 36.9 Å². The van der Waals surface area contributed by atoms with Crippen molar-refractivity contribution in [3.8, 4) is 0 Å². The summed E-state index contributed by atoms with van der Waals surface area (Å²) in [5, 5.41) is 18.9. The Balaban J connectivity index is 1.39. The number of aliphatic hydroxyl groups is 1. The molecule has 1 aliphatic rings. The van der Waals surface area contributed by atoms with Gasteiger partial charge in [-0.3, -0.25) is 9.59 Å². The molecule has 1 aromatic heterocycles. The number of nitrogens with zero attached hydrogens (tertiary/aromatic N) is 1. The molecule has 6 nitrogen and oxygen atoms in total. The molecule has 0 unspecified atom stereocenters. The summed E-state index contributed by atoms with van der Waals surface area (Å²) < 4.78 is 0. The van der Waals surface area contributed by atoms with E-state index in [0.29, 0.717) is 38.6 Å². The third kappa shape index (κ3) is 5.87. The zero-order valence-corrected chi connectivity index (χ0v) is 16.0. The number of nitrogens with one attached hydrogen (secondary N) is 2. The molecule has 27 heavy (non-hydrogen) atoms. The van der Waals surface area contributed by atoms with E-state index in [-0.39, 0.29) is 23.8 Å². The molecule has 2 aromatic rings. The first-order chi connectivity index (χ1) is 13.1. The number of thiazole rings is 1. The third-order valence-corrected chi connectivity index (χ3v) is 5.69. The van der Waals surface area contributed by atoms with E-state index in [1.807, 2.05) is 35.7 Å². The van der Waals surface area contributed by atoms with Crippen LogP contribution < -0.4 is 10.6 Å². The zero-order chi connectivity index (χ0) is 19.1. The Labute approximate surface area is 163 Å². The number of carbonyl (C=O) groups excluding carboxylic acids is 2. The second-order valence-electron chi connectivity index (χ2n) is 6.86. The van der Waals surface area contributed by atoms with Crippen molar-refractivity contribution in [1.29, 1.82) is 0 Å². The van der Waals surface area contributed by atoms with Gasteiger partial charge < -0.3 is 15.7 Å².